The Morgan fingerprint density at radius 2 is 2.00 bits per heavy atom. The molecule has 3 nitrogen and oxygen atoms in total. The maximum Gasteiger partial charge on any atom is 0.0235 e. The minimum absolute atomic E-state index is 0.326. The average Bonchev–Trinajstić information content (AvgIpc) is 2.69. The molecule has 3 heteroatoms. The third kappa shape index (κ3) is 2.47. The van der Waals surface area contributed by atoms with Gasteiger partial charge in [0.2, 0.25) is 0 Å². The van der Waals surface area contributed by atoms with E-state index in [1.807, 2.05) is 0 Å². The molecule has 2 aliphatic heterocycles. The van der Waals surface area contributed by atoms with Gasteiger partial charge in [-0.3, -0.25) is 4.90 Å². The molecular weight excluding hydrogens is 174 g/mol. The second kappa shape index (κ2) is 4.60. The van der Waals surface area contributed by atoms with Crippen molar-refractivity contribution in [3.63, 3.8) is 0 Å². The van der Waals surface area contributed by atoms with Crippen molar-refractivity contribution < 1.29 is 0 Å². The molecule has 0 radical (unpaired) electrons. The molecular formula is C11H23N3. The highest BCUT2D eigenvalue weighted by Crippen LogP contribution is 2.20. The number of likely N-dealkylation sites (tertiary alicyclic amines) is 2. The highest BCUT2D eigenvalue weighted by Gasteiger charge is 2.29. The van der Waals surface area contributed by atoms with E-state index in [-0.39, 0.29) is 0 Å². The molecule has 0 saturated carbocycles. The van der Waals surface area contributed by atoms with E-state index >= 15 is 0 Å². The van der Waals surface area contributed by atoms with Crippen molar-refractivity contribution in [2.45, 2.75) is 38.3 Å². The molecule has 0 aliphatic carbocycles. The zero-order valence-corrected chi connectivity index (χ0v) is 9.28. The van der Waals surface area contributed by atoms with Crippen LogP contribution in [0.3, 0.4) is 0 Å². The van der Waals surface area contributed by atoms with E-state index in [1.165, 1.54) is 45.4 Å². The van der Waals surface area contributed by atoms with Crippen molar-refractivity contribution in [1.29, 1.82) is 0 Å². The first-order valence-corrected chi connectivity index (χ1v) is 5.97. The van der Waals surface area contributed by atoms with Crippen LogP contribution in [0.2, 0.25) is 0 Å². The van der Waals surface area contributed by atoms with Gasteiger partial charge in [0.15, 0.2) is 0 Å². The van der Waals surface area contributed by atoms with Gasteiger partial charge in [-0.05, 0) is 45.8 Å². The molecule has 0 aromatic rings. The molecule has 2 saturated heterocycles. The van der Waals surface area contributed by atoms with Crippen LogP contribution in [0.5, 0.6) is 0 Å². The Labute approximate surface area is 87.2 Å². The molecule has 2 rings (SSSR count). The highest BCUT2D eigenvalue weighted by atomic mass is 15.3. The largest absolute Gasteiger partial charge is 0.327 e. The Hall–Kier alpha value is -0.120. The van der Waals surface area contributed by atoms with E-state index in [0.29, 0.717) is 6.04 Å². The van der Waals surface area contributed by atoms with Crippen LogP contribution in [0.4, 0.5) is 0 Å². The zero-order valence-electron chi connectivity index (χ0n) is 9.28. The molecule has 0 spiro atoms. The standard InChI is InChI=1S/C11H23N3/c1-10(12)8-13-7-4-11(9-13)14-5-2-3-6-14/h10-11H,2-9,12H2,1H3/t10-,11?/m1/s1. The van der Waals surface area contributed by atoms with Crippen LogP contribution in [-0.2, 0) is 0 Å². The van der Waals surface area contributed by atoms with Gasteiger partial charge in [0.25, 0.3) is 0 Å². The molecule has 2 aliphatic rings. The molecule has 1 unspecified atom stereocenters. The van der Waals surface area contributed by atoms with Crippen molar-refractivity contribution in [3.05, 3.63) is 0 Å². The van der Waals surface area contributed by atoms with E-state index < -0.39 is 0 Å². The fourth-order valence-corrected chi connectivity index (χ4v) is 2.79. The Bertz CT molecular complexity index is 175. The van der Waals surface area contributed by atoms with Gasteiger partial charge in [-0.1, -0.05) is 0 Å². The van der Waals surface area contributed by atoms with Gasteiger partial charge in [-0.2, -0.15) is 0 Å². The van der Waals surface area contributed by atoms with Gasteiger partial charge in [0.05, 0.1) is 0 Å². The number of nitrogens with zero attached hydrogens (tertiary/aromatic N) is 2. The van der Waals surface area contributed by atoms with Crippen molar-refractivity contribution >= 4 is 0 Å². The summed E-state index contributed by atoms with van der Waals surface area (Å²) in [5.74, 6) is 0. The molecule has 0 aromatic carbocycles. The Balaban J connectivity index is 1.76. The molecule has 2 heterocycles. The summed E-state index contributed by atoms with van der Waals surface area (Å²) in [5, 5.41) is 0. The Kier molecular flexibility index (Phi) is 3.42. The van der Waals surface area contributed by atoms with Gasteiger partial charge >= 0.3 is 0 Å². The van der Waals surface area contributed by atoms with Gasteiger partial charge in [0.1, 0.15) is 0 Å². The lowest BCUT2D eigenvalue weighted by atomic mass is 10.2. The average molecular weight is 197 g/mol. The first-order valence-electron chi connectivity index (χ1n) is 5.97. The zero-order chi connectivity index (χ0) is 9.97. The highest BCUT2D eigenvalue weighted by molar-refractivity contribution is 4.86. The van der Waals surface area contributed by atoms with Gasteiger partial charge in [-0.15, -0.1) is 0 Å². The molecule has 0 bridgehead atoms. The summed E-state index contributed by atoms with van der Waals surface area (Å²) in [4.78, 5) is 5.19. The molecule has 0 aromatic heterocycles. The lowest BCUT2D eigenvalue weighted by Gasteiger charge is -2.24. The molecule has 2 fully saturated rings. The van der Waals surface area contributed by atoms with Gasteiger partial charge in [-0.25, -0.2) is 0 Å². The monoisotopic (exact) mass is 197 g/mol. The lowest BCUT2D eigenvalue weighted by molar-refractivity contribution is 0.229. The summed E-state index contributed by atoms with van der Waals surface area (Å²) in [5.41, 5.74) is 5.82. The van der Waals surface area contributed by atoms with Crippen molar-refractivity contribution in [3.8, 4) is 0 Å². The predicted octanol–water partition coefficient (Wildman–Crippen LogP) is 0.504. The quantitative estimate of drug-likeness (QED) is 0.715. The molecule has 2 N–H and O–H groups in total. The fraction of sp³-hybridized carbons (Fsp3) is 1.00. The summed E-state index contributed by atoms with van der Waals surface area (Å²) in [6.07, 6.45) is 4.17. The van der Waals surface area contributed by atoms with Crippen LogP contribution < -0.4 is 5.73 Å². The Morgan fingerprint density at radius 3 is 2.64 bits per heavy atom. The lowest BCUT2D eigenvalue weighted by Crippen LogP contribution is -2.38. The number of hydrogen-bond donors (Lipinski definition) is 1. The minimum Gasteiger partial charge on any atom is -0.327 e. The number of hydrogen-bond acceptors (Lipinski definition) is 3. The smallest absolute Gasteiger partial charge is 0.0235 e. The van der Waals surface area contributed by atoms with E-state index in [4.69, 9.17) is 5.73 Å². The predicted molar refractivity (Wildman–Crippen MR) is 59.3 cm³/mol. The van der Waals surface area contributed by atoms with Crippen LogP contribution in [0.1, 0.15) is 26.2 Å². The number of rotatable bonds is 3. The van der Waals surface area contributed by atoms with Crippen LogP contribution in [0.25, 0.3) is 0 Å². The van der Waals surface area contributed by atoms with Crippen LogP contribution in [-0.4, -0.2) is 54.6 Å². The summed E-state index contributed by atoms with van der Waals surface area (Å²) in [6.45, 7) is 8.34. The maximum absolute atomic E-state index is 5.82. The number of nitrogens with two attached hydrogens (primary N) is 1. The maximum atomic E-state index is 5.82. The molecule has 14 heavy (non-hydrogen) atoms. The molecule has 2 atom stereocenters. The van der Waals surface area contributed by atoms with E-state index in [0.717, 1.165) is 12.6 Å². The molecule has 82 valence electrons. The normalized spacial score (nSPS) is 32.6. The summed E-state index contributed by atoms with van der Waals surface area (Å²) < 4.78 is 0. The van der Waals surface area contributed by atoms with Crippen molar-refractivity contribution in [2.24, 2.45) is 5.73 Å². The Morgan fingerprint density at radius 1 is 1.29 bits per heavy atom. The fourth-order valence-electron chi connectivity index (χ4n) is 2.79. The summed E-state index contributed by atoms with van der Waals surface area (Å²) >= 11 is 0. The topological polar surface area (TPSA) is 32.5 Å². The first kappa shape index (κ1) is 10.4. The molecule has 0 amide bonds. The second-order valence-electron chi connectivity index (χ2n) is 4.92. The third-order valence-corrected chi connectivity index (χ3v) is 3.45. The van der Waals surface area contributed by atoms with Crippen LogP contribution in [0.15, 0.2) is 0 Å². The van der Waals surface area contributed by atoms with Crippen molar-refractivity contribution in [1.82, 2.24) is 9.80 Å². The minimum atomic E-state index is 0.326. The first-order chi connectivity index (χ1) is 6.75. The van der Waals surface area contributed by atoms with E-state index in [9.17, 15) is 0 Å². The van der Waals surface area contributed by atoms with Gasteiger partial charge < -0.3 is 10.6 Å². The SMILES string of the molecule is C[C@@H](N)CN1CCC(N2CCCC2)C1. The van der Waals surface area contributed by atoms with Crippen LogP contribution >= 0.6 is 0 Å². The summed E-state index contributed by atoms with van der Waals surface area (Å²) in [6, 6.07) is 1.16. The van der Waals surface area contributed by atoms with Crippen LogP contribution in [0, 0.1) is 0 Å². The van der Waals surface area contributed by atoms with Gasteiger partial charge in [0, 0.05) is 25.2 Å². The summed E-state index contributed by atoms with van der Waals surface area (Å²) in [7, 11) is 0. The van der Waals surface area contributed by atoms with E-state index in [1.54, 1.807) is 0 Å². The van der Waals surface area contributed by atoms with Crippen molar-refractivity contribution in [2.75, 3.05) is 32.7 Å². The third-order valence-electron chi connectivity index (χ3n) is 3.45. The second-order valence-corrected chi connectivity index (χ2v) is 4.92. The van der Waals surface area contributed by atoms with E-state index in [2.05, 4.69) is 16.7 Å².